The highest BCUT2D eigenvalue weighted by Crippen LogP contribution is 2.42. The molecule has 1 heterocycles. The van der Waals surface area contributed by atoms with Gasteiger partial charge in [-0.25, -0.2) is 0 Å². The van der Waals surface area contributed by atoms with E-state index in [9.17, 15) is 4.79 Å². The van der Waals surface area contributed by atoms with Gasteiger partial charge in [0.1, 0.15) is 0 Å². The zero-order valence-electron chi connectivity index (χ0n) is 12.4. The largest absolute Gasteiger partial charge is 0.352 e. The van der Waals surface area contributed by atoms with E-state index in [2.05, 4.69) is 10.6 Å². The maximum absolute atomic E-state index is 12.4. The van der Waals surface area contributed by atoms with Gasteiger partial charge in [-0.15, -0.1) is 12.4 Å². The van der Waals surface area contributed by atoms with Crippen molar-refractivity contribution >= 4 is 18.3 Å². The molecule has 3 unspecified atom stereocenters. The number of amides is 1. The van der Waals surface area contributed by atoms with E-state index in [0.717, 1.165) is 44.2 Å². The third-order valence-electron chi connectivity index (χ3n) is 5.55. The second-order valence-electron chi connectivity index (χ2n) is 6.87. The van der Waals surface area contributed by atoms with Gasteiger partial charge in [0.15, 0.2) is 0 Å². The Morgan fingerprint density at radius 3 is 2.50 bits per heavy atom. The third-order valence-corrected chi connectivity index (χ3v) is 5.55. The van der Waals surface area contributed by atoms with E-state index < -0.39 is 0 Å². The van der Waals surface area contributed by atoms with E-state index in [0.29, 0.717) is 17.9 Å². The first kappa shape index (κ1) is 16.1. The van der Waals surface area contributed by atoms with E-state index in [1.54, 1.807) is 0 Å². The van der Waals surface area contributed by atoms with Crippen molar-refractivity contribution < 1.29 is 4.79 Å². The Labute approximate surface area is 129 Å². The molecule has 0 aromatic heterocycles. The van der Waals surface area contributed by atoms with Crippen LogP contribution < -0.4 is 10.6 Å². The summed E-state index contributed by atoms with van der Waals surface area (Å²) in [7, 11) is 0. The molecular weight excluding hydrogens is 272 g/mol. The number of nitrogens with one attached hydrogen (secondary N) is 2. The Balaban J connectivity index is 0.00000147. The van der Waals surface area contributed by atoms with Gasteiger partial charge in [-0.05, 0) is 50.5 Å². The van der Waals surface area contributed by atoms with Gasteiger partial charge >= 0.3 is 0 Å². The predicted octanol–water partition coefficient (Wildman–Crippen LogP) is 2.88. The molecule has 1 amide bonds. The lowest BCUT2D eigenvalue weighted by Crippen LogP contribution is -2.48. The topological polar surface area (TPSA) is 41.1 Å². The summed E-state index contributed by atoms with van der Waals surface area (Å²) >= 11 is 0. The average Bonchev–Trinajstić information content (AvgIpc) is 2.48. The molecule has 4 atom stereocenters. The molecule has 3 fully saturated rings. The first-order chi connectivity index (χ1) is 9.33. The zero-order valence-corrected chi connectivity index (χ0v) is 13.2. The van der Waals surface area contributed by atoms with Crippen LogP contribution in [0.4, 0.5) is 0 Å². The van der Waals surface area contributed by atoms with Crippen molar-refractivity contribution in [3.8, 4) is 0 Å². The van der Waals surface area contributed by atoms with Crippen LogP contribution in [0, 0.1) is 17.8 Å². The minimum atomic E-state index is 0. The minimum absolute atomic E-state index is 0. The van der Waals surface area contributed by atoms with Crippen molar-refractivity contribution in [2.45, 2.75) is 63.8 Å². The number of carbonyl (C=O) groups is 1. The van der Waals surface area contributed by atoms with Crippen LogP contribution in [0.5, 0.6) is 0 Å². The summed E-state index contributed by atoms with van der Waals surface area (Å²) in [5.41, 5.74) is 0. The summed E-state index contributed by atoms with van der Waals surface area (Å²) in [5.74, 6) is 2.44. The molecule has 0 bridgehead atoms. The molecule has 0 aromatic rings. The normalized spacial score (nSPS) is 37.4. The van der Waals surface area contributed by atoms with Crippen LogP contribution in [0.2, 0.25) is 0 Å². The molecular formula is C16H29ClN2O. The molecule has 116 valence electrons. The Morgan fingerprint density at radius 1 is 0.950 bits per heavy atom. The molecule has 20 heavy (non-hydrogen) atoms. The van der Waals surface area contributed by atoms with Crippen LogP contribution in [0.1, 0.15) is 57.8 Å². The summed E-state index contributed by atoms with van der Waals surface area (Å²) < 4.78 is 0. The highest BCUT2D eigenvalue weighted by Gasteiger charge is 2.35. The smallest absolute Gasteiger partial charge is 0.223 e. The van der Waals surface area contributed by atoms with Crippen LogP contribution in [0.15, 0.2) is 0 Å². The van der Waals surface area contributed by atoms with Crippen LogP contribution in [-0.4, -0.2) is 25.0 Å². The number of fused-ring (bicyclic) bond motifs is 1. The molecule has 4 heteroatoms. The molecule has 1 aliphatic heterocycles. The molecule has 3 nitrogen and oxygen atoms in total. The van der Waals surface area contributed by atoms with Gasteiger partial charge in [-0.2, -0.15) is 0 Å². The van der Waals surface area contributed by atoms with Gasteiger partial charge < -0.3 is 10.6 Å². The van der Waals surface area contributed by atoms with Crippen molar-refractivity contribution in [2.24, 2.45) is 17.8 Å². The first-order valence-electron chi connectivity index (χ1n) is 8.34. The van der Waals surface area contributed by atoms with E-state index in [4.69, 9.17) is 0 Å². The zero-order chi connectivity index (χ0) is 13.1. The average molecular weight is 301 g/mol. The molecule has 2 N–H and O–H groups in total. The van der Waals surface area contributed by atoms with Crippen molar-refractivity contribution in [3.05, 3.63) is 0 Å². The molecule has 0 radical (unpaired) electrons. The highest BCUT2D eigenvalue weighted by atomic mass is 35.5. The molecule has 1 saturated heterocycles. The Kier molecular flexibility index (Phi) is 6.16. The minimum Gasteiger partial charge on any atom is -0.352 e. The standard InChI is InChI=1S/C16H28N2O.ClH/c19-16(18-15-6-3-9-17-11-15)14-8-7-12-4-1-2-5-13(12)10-14;/h12-15,17H,1-11H2,(H,18,19);1H/t12?,13?,14?,15-;/m0./s1. The van der Waals surface area contributed by atoms with Crippen LogP contribution in [0.25, 0.3) is 0 Å². The molecule has 3 aliphatic rings. The van der Waals surface area contributed by atoms with E-state index in [1.165, 1.54) is 38.5 Å². The van der Waals surface area contributed by atoms with Crippen molar-refractivity contribution in [3.63, 3.8) is 0 Å². The Morgan fingerprint density at radius 2 is 1.75 bits per heavy atom. The lowest BCUT2D eigenvalue weighted by atomic mass is 9.67. The molecule has 0 aromatic carbocycles. The van der Waals surface area contributed by atoms with Gasteiger partial charge in [-0.1, -0.05) is 25.7 Å². The third kappa shape index (κ3) is 3.88. The fraction of sp³-hybridized carbons (Fsp3) is 0.938. The second kappa shape index (κ2) is 7.65. The molecule has 2 saturated carbocycles. The number of piperidine rings is 1. The number of hydrogen-bond acceptors (Lipinski definition) is 2. The van der Waals surface area contributed by atoms with E-state index in [-0.39, 0.29) is 12.4 Å². The predicted molar refractivity (Wildman–Crippen MR) is 84.1 cm³/mol. The highest BCUT2D eigenvalue weighted by molar-refractivity contribution is 5.85. The first-order valence-corrected chi connectivity index (χ1v) is 8.34. The molecule has 3 rings (SSSR count). The van der Waals surface area contributed by atoms with Crippen LogP contribution >= 0.6 is 12.4 Å². The lowest BCUT2D eigenvalue weighted by Gasteiger charge is -2.39. The SMILES string of the molecule is Cl.O=C(N[C@H]1CCCNC1)C1CCC2CCCCC2C1. The van der Waals surface area contributed by atoms with E-state index in [1.807, 2.05) is 0 Å². The van der Waals surface area contributed by atoms with Gasteiger partial charge in [0.2, 0.25) is 5.91 Å². The summed E-state index contributed by atoms with van der Waals surface area (Å²) in [4.78, 5) is 12.4. The van der Waals surface area contributed by atoms with Gasteiger partial charge in [0, 0.05) is 18.5 Å². The lowest BCUT2D eigenvalue weighted by molar-refractivity contribution is -0.128. The number of rotatable bonds is 2. The Hall–Kier alpha value is -0.280. The molecule has 2 aliphatic carbocycles. The monoisotopic (exact) mass is 300 g/mol. The maximum atomic E-state index is 12.4. The fourth-order valence-electron chi connectivity index (χ4n) is 4.41. The fourth-order valence-corrected chi connectivity index (χ4v) is 4.41. The summed E-state index contributed by atoms with van der Waals surface area (Å²) in [5, 5.41) is 6.66. The van der Waals surface area contributed by atoms with Gasteiger partial charge in [-0.3, -0.25) is 4.79 Å². The summed E-state index contributed by atoms with van der Waals surface area (Å²) in [6.45, 7) is 2.07. The Bertz CT molecular complexity index is 318. The summed E-state index contributed by atoms with van der Waals surface area (Å²) in [6, 6.07) is 0.380. The summed E-state index contributed by atoms with van der Waals surface area (Å²) in [6.07, 6.45) is 11.5. The van der Waals surface area contributed by atoms with Gasteiger partial charge in [0.25, 0.3) is 0 Å². The van der Waals surface area contributed by atoms with Crippen LogP contribution in [-0.2, 0) is 4.79 Å². The second-order valence-corrected chi connectivity index (χ2v) is 6.87. The number of halogens is 1. The van der Waals surface area contributed by atoms with Gasteiger partial charge in [0.05, 0.1) is 0 Å². The maximum Gasteiger partial charge on any atom is 0.223 e. The molecule has 0 spiro atoms. The van der Waals surface area contributed by atoms with Crippen molar-refractivity contribution in [1.29, 1.82) is 0 Å². The van der Waals surface area contributed by atoms with E-state index >= 15 is 0 Å². The van der Waals surface area contributed by atoms with Crippen molar-refractivity contribution in [1.82, 2.24) is 10.6 Å². The number of hydrogen-bond donors (Lipinski definition) is 2. The van der Waals surface area contributed by atoms with Crippen molar-refractivity contribution in [2.75, 3.05) is 13.1 Å². The quantitative estimate of drug-likeness (QED) is 0.823. The van der Waals surface area contributed by atoms with Crippen LogP contribution in [0.3, 0.4) is 0 Å². The number of carbonyl (C=O) groups excluding carboxylic acids is 1.